The quantitative estimate of drug-likeness (QED) is 0.147. The number of anilines is 3. The van der Waals surface area contributed by atoms with Gasteiger partial charge < -0.3 is 9.47 Å². The van der Waals surface area contributed by atoms with Crippen molar-refractivity contribution in [3.8, 4) is 39.1 Å². The zero-order valence-corrected chi connectivity index (χ0v) is 39.0. The SMILES string of the molecule is c1ccc(C2(c3ccc(N(c4ccc(-c5cccc(-n6c7ccccc7c7ccccc76)c5)cc4)c4ccc(-c5cccc6c5sc5ccccc56)cc4)cc3)c3ccccc3-c3ccccc32)cc1. The molecule has 0 aliphatic heterocycles. The Bertz CT molecular complexity index is 4010. The summed E-state index contributed by atoms with van der Waals surface area (Å²) in [7, 11) is 0. The number of para-hydroxylation sites is 2. The van der Waals surface area contributed by atoms with Crippen LogP contribution in [0.3, 0.4) is 0 Å². The summed E-state index contributed by atoms with van der Waals surface area (Å²) in [6.07, 6.45) is 0. The van der Waals surface area contributed by atoms with Crippen LogP contribution in [0.1, 0.15) is 22.3 Å². The van der Waals surface area contributed by atoms with Crippen LogP contribution < -0.4 is 4.90 Å². The molecule has 1 aliphatic carbocycles. The summed E-state index contributed by atoms with van der Waals surface area (Å²) in [6.45, 7) is 0. The Morgan fingerprint density at radius 2 is 0.814 bits per heavy atom. The highest BCUT2D eigenvalue weighted by molar-refractivity contribution is 7.26. The first-order chi connectivity index (χ1) is 34.7. The maximum absolute atomic E-state index is 2.40. The van der Waals surface area contributed by atoms with E-state index < -0.39 is 5.41 Å². The van der Waals surface area contributed by atoms with Gasteiger partial charge in [0.1, 0.15) is 0 Å². The van der Waals surface area contributed by atoms with Crippen molar-refractivity contribution in [3.63, 3.8) is 0 Å². The summed E-state index contributed by atoms with van der Waals surface area (Å²) < 4.78 is 5.03. The fraction of sp³-hybridized carbons (Fsp3) is 0.0149. The number of thiophene rings is 1. The van der Waals surface area contributed by atoms with Crippen molar-refractivity contribution in [2.24, 2.45) is 0 Å². The standard InChI is InChI=1S/C67H44N2S/c1-2-17-48(18-3-1)67(61-27-9-4-20-55(61)56-21-5-10-28-62(56)67)49-36-42-52(43-37-49)68(51-40-34-46(35-41-51)54-25-15-26-60-59-24-8-13-31-65(59)70-66(54)60)50-38-32-45(33-39-50)47-16-14-19-53(44-47)69-63-29-11-6-22-57(63)58-23-7-12-30-64(58)69/h1-44H. The highest BCUT2D eigenvalue weighted by Crippen LogP contribution is 2.56. The van der Waals surface area contributed by atoms with Gasteiger partial charge in [-0.15, -0.1) is 11.3 Å². The summed E-state index contributed by atoms with van der Waals surface area (Å²) >= 11 is 1.88. The molecule has 0 saturated heterocycles. The largest absolute Gasteiger partial charge is 0.311 e. The smallest absolute Gasteiger partial charge is 0.0713 e. The third kappa shape index (κ3) is 6.19. The first-order valence-corrected chi connectivity index (χ1v) is 24.9. The molecular weight excluding hydrogens is 865 g/mol. The minimum absolute atomic E-state index is 0.470. The predicted octanol–water partition coefficient (Wildman–Crippen LogP) is 18.3. The van der Waals surface area contributed by atoms with Crippen molar-refractivity contribution in [1.29, 1.82) is 0 Å². The van der Waals surface area contributed by atoms with E-state index in [1.54, 1.807) is 0 Å². The number of benzene rings is 11. The van der Waals surface area contributed by atoms with E-state index in [0.29, 0.717) is 0 Å². The number of nitrogens with zero attached hydrogens (tertiary/aromatic N) is 2. The van der Waals surface area contributed by atoms with Gasteiger partial charge in [-0.3, -0.25) is 0 Å². The van der Waals surface area contributed by atoms with Crippen LogP contribution in [-0.4, -0.2) is 4.57 Å². The van der Waals surface area contributed by atoms with Crippen molar-refractivity contribution in [2.45, 2.75) is 5.41 Å². The number of aromatic nitrogens is 1. The van der Waals surface area contributed by atoms with Crippen molar-refractivity contribution in [2.75, 3.05) is 4.90 Å². The van der Waals surface area contributed by atoms with Gasteiger partial charge in [-0.05, 0) is 122 Å². The van der Waals surface area contributed by atoms with Gasteiger partial charge in [-0.1, -0.05) is 200 Å². The molecule has 0 N–H and O–H groups in total. The lowest BCUT2D eigenvalue weighted by Gasteiger charge is -2.34. The monoisotopic (exact) mass is 908 g/mol. The van der Waals surface area contributed by atoms with Gasteiger partial charge in [0.25, 0.3) is 0 Å². The molecule has 1 aliphatic rings. The molecule has 2 heterocycles. The average Bonchev–Trinajstić information content (AvgIpc) is 4.09. The van der Waals surface area contributed by atoms with E-state index in [1.165, 1.54) is 92.0 Å². The van der Waals surface area contributed by atoms with Gasteiger partial charge in [-0.25, -0.2) is 0 Å². The Morgan fingerprint density at radius 3 is 1.47 bits per heavy atom. The average molecular weight is 909 g/mol. The van der Waals surface area contributed by atoms with Crippen LogP contribution in [0.5, 0.6) is 0 Å². The summed E-state index contributed by atoms with van der Waals surface area (Å²) in [6, 6.07) is 98.4. The van der Waals surface area contributed by atoms with Crippen molar-refractivity contribution >= 4 is 70.4 Å². The lowest BCUT2D eigenvalue weighted by Crippen LogP contribution is -2.28. The fourth-order valence-electron chi connectivity index (χ4n) is 11.6. The molecule has 0 spiro atoms. The van der Waals surface area contributed by atoms with Crippen LogP contribution >= 0.6 is 11.3 Å². The maximum Gasteiger partial charge on any atom is 0.0713 e. The minimum Gasteiger partial charge on any atom is -0.311 e. The Kier molecular flexibility index (Phi) is 9.33. The second-order valence-electron chi connectivity index (χ2n) is 18.4. The Hall–Kier alpha value is -8.76. The summed E-state index contributed by atoms with van der Waals surface area (Å²) in [5.41, 5.74) is 18.9. The van der Waals surface area contributed by atoms with Gasteiger partial charge >= 0.3 is 0 Å². The number of fused-ring (bicyclic) bond motifs is 9. The maximum atomic E-state index is 2.40. The lowest BCUT2D eigenvalue weighted by molar-refractivity contribution is 0.768. The van der Waals surface area contributed by atoms with Crippen molar-refractivity contribution in [3.05, 3.63) is 289 Å². The van der Waals surface area contributed by atoms with Crippen LogP contribution in [-0.2, 0) is 5.41 Å². The molecule has 3 heteroatoms. The van der Waals surface area contributed by atoms with Gasteiger partial charge in [0.2, 0.25) is 0 Å². The van der Waals surface area contributed by atoms with E-state index in [1.807, 2.05) is 11.3 Å². The molecule has 0 radical (unpaired) electrons. The molecule has 70 heavy (non-hydrogen) atoms. The molecule has 11 aromatic carbocycles. The third-order valence-corrected chi connectivity index (χ3v) is 15.9. The molecule has 0 amide bonds. The Balaban J connectivity index is 0.887. The first kappa shape index (κ1) is 40.3. The molecule has 0 saturated carbocycles. The second kappa shape index (κ2) is 16.2. The van der Waals surface area contributed by atoms with Crippen molar-refractivity contribution < 1.29 is 0 Å². The highest BCUT2D eigenvalue weighted by Gasteiger charge is 2.45. The van der Waals surface area contributed by atoms with Crippen LogP contribution in [0.2, 0.25) is 0 Å². The van der Waals surface area contributed by atoms with Gasteiger partial charge in [0, 0.05) is 53.7 Å². The molecule has 0 fully saturated rings. The number of hydrogen-bond acceptors (Lipinski definition) is 2. The fourth-order valence-corrected chi connectivity index (χ4v) is 12.9. The molecule has 2 nitrogen and oxygen atoms in total. The molecule has 0 bridgehead atoms. The van der Waals surface area contributed by atoms with Crippen LogP contribution in [0, 0.1) is 0 Å². The summed E-state index contributed by atoms with van der Waals surface area (Å²) in [4.78, 5) is 2.40. The molecular formula is C67H44N2S. The minimum atomic E-state index is -0.470. The van der Waals surface area contributed by atoms with Crippen LogP contribution in [0.4, 0.5) is 17.1 Å². The predicted molar refractivity (Wildman–Crippen MR) is 297 cm³/mol. The summed E-state index contributed by atoms with van der Waals surface area (Å²) in [5, 5.41) is 5.15. The zero-order chi connectivity index (χ0) is 46.2. The van der Waals surface area contributed by atoms with E-state index in [0.717, 1.165) is 28.3 Å². The van der Waals surface area contributed by atoms with Crippen LogP contribution in [0.15, 0.2) is 267 Å². The normalized spacial score (nSPS) is 12.7. The third-order valence-electron chi connectivity index (χ3n) is 14.7. The Labute approximate surface area is 411 Å². The highest BCUT2D eigenvalue weighted by atomic mass is 32.1. The Morgan fingerprint density at radius 1 is 0.329 bits per heavy atom. The van der Waals surface area contributed by atoms with E-state index in [2.05, 4.69) is 276 Å². The molecule has 2 aromatic heterocycles. The number of rotatable bonds is 8. The van der Waals surface area contributed by atoms with Gasteiger partial charge in [-0.2, -0.15) is 0 Å². The van der Waals surface area contributed by atoms with Gasteiger partial charge in [0.05, 0.1) is 16.4 Å². The number of hydrogen-bond donors (Lipinski definition) is 0. The van der Waals surface area contributed by atoms with Crippen molar-refractivity contribution in [1.82, 2.24) is 4.57 Å². The van der Waals surface area contributed by atoms with E-state index in [-0.39, 0.29) is 0 Å². The summed E-state index contributed by atoms with van der Waals surface area (Å²) in [5.74, 6) is 0. The van der Waals surface area contributed by atoms with Gasteiger partial charge in [0.15, 0.2) is 0 Å². The zero-order valence-electron chi connectivity index (χ0n) is 38.2. The molecule has 328 valence electrons. The lowest BCUT2D eigenvalue weighted by atomic mass is 9.68. The molecule has 0 unspecified atom stereocenters. The van der Waals surface area contributed by atoms with E-state index in [9.17, 15) is 0 Å². The van der Waals surface area contributed by atoms with E-state index in [4.69, 9.17) is 0 Å². The topological polar surface area (TPSA) is 8.17 Å². The molecule has 13 aromatic rings. The first-order valence-electron chi connectivity index (χ1n) is 24.1. The van der Waals surface area contributed by atoms with Crippen LogP contribution in [0.25, 0.3) is 81.0 Å². The molecule has 14 rings (SSSR count). The molecule has 0 atom stereocenters. The second-order valence-corrected chi connectivity index (χ2v) is 19.4. The van der Waals surface area contributed by atoms with E-state index >= 15 is 0 Å².